The lowest BCUT2D eigenvalue weighted by atomic mass is 9.99. The van der Waals surface area contributed by atoms with Gasteiger partial charge in [-0.3, -0.25) is 4.79 Å². The molecule has 0 radical (unpaired) electrons. The number of carbonyl (C=O) groups excluding carboxylic acids is 1. The lowest BCUT2D eigenvalue weighted by Crippen LogP contribution is -2.12. The minimum atomic E-state index is 0.0401. The highest BCUT2D eigenvalue weighted by atomic mass is 16.1. The summed E-state index contributed by atoms with van der Waals surface area (Å²) >= 11 is 0. The summed E-state index contributed by atoms with van der Waals surface area (Å²) in [6, 6.07) is 12.7. The number of hydrogen-bond donors (Lipinski definition) is 3. The fraction of sp³-hybridized carbons (Fsp3) is 0.286. The number of aryl methyl sites for hydroxylation is 2. The number of amides is 1. The molecule has 1 amide bonds. The summed E-state index contributed by atoms with van der Waals surface area (Å²) in [7, 11) is 0. The van der Waals surface area contributed by atoms with Gasteiger partial charge in [0.1, 0.15) is 0 Å². The molecule has 4 heteroatoms. The van der Waals surface area contributed by atoms with Crippen LogP contribution in [-0.2, 0) is 17.6 Å². The highest BCUT2D eigenvalue weighted by Gasteiger charge is 2.23. The maximum atomic E-state index is 12.4. The molecule has 4 N–H and O–H groups in total. The molecule has 1 aliphatic rings. The van der Waals surface area contributed by atoms with E-state index in [-0.39, 0.29) is 5.91 Å². The molecular weight excluding hydrogens is 310 g/mol. The number of carbonyl (C=O) groups is 1. The van der Waals surface area contributed by atoms with Crippen molar-refractivity contribution in [3.8, 4) is 11.3 Å². The van der Waals surface area contributed by atoms with Gasteiger partial charge in [-0.25, -0.2) is 0 Å². The van der Waals surface area contributed by atoms with Gasteiger partial charge in [-0.05, 0) is 68.1 Å². The van der Waals surface area contributed by atoms with Crippen LogP contribution in [0.5, 0.6) is 0 Å². The summed E-state index contributed by atoms with van der Waals surface area (Å²) < 4.78 is 0. The van der Waals surface area contributed by atoms with E-state index in [0.29, 0.717) is 6.42 Å². The van der Waals surface area contributed by atoms with Crippen LogP contribution in [0.4, 0.5) is 5.69 Å². The van der Waals surface area contributed by atoms with E-state index in [1.54, 1.807) is 0 Å². The third kappa shape index (κ3) is 2.94. The van der Waals surface area contributed by atoms with Gasteiger partial charge in [0, 0.05) is 16.5 Å². The van der Waals surface area contributed by atoms with Gasteiger partial charge in [-0.1, -0.05) is 17.7 Å². The molecule has 0 bridgehead atoms. The van der Waals surface area contributed by atoms with E-state index in [1.165, 1.54) is 11.1 Å². The number of anilines is 1. The second-order valence-electron chi connectivity index (χ2n) is 6.88. The fourth-order valence-electron chi connectivity index (χ4n) is 3.67. The Morgan fingerprint density at radius 2 is 2.00 bits per heavy atom. The van der Waals surface area contributed by atoms with Gasteiger partial charge in [0.05, 0.1) is 17.8 Å². The molecule has 0 spiro atoms. The lowest BCUT2D eigenvalue weighted by molar-refractivity contribution is -0.115. The van der Waals surface area contributed by atoms with Gasteiger partial charge < -0.3 is 16.0 Å². The molecule has 0 saturated carbocycles. The van der Waals surface area contributed by atoms with Crippen molar-refractivity contribution in [1.82, 2.24) is 4.98 Å². The number of benzene rings is 2. The maximum absolute atomic E-state index is 12.4. The number of nitrogens with one attached hydrogen (secondary N) is 2. The Hall–Kier alpha value is -2.59. The summed E-state index contributed by atoms with van der Waals surface area (Å²) in [5, 5.41) is 4.20. The lowest BCUT2D eigenvalue weighted by Gasteiger charge is -2.10. The van der Waals surface area contributed by atoms with Crippen molar-refractivity contribution in [3.63, 3.8) is 0 Å². The van der Waals surface area contributed by atoms with Crippen molar-refractivity contribution in [2.45, 2.75) is 32.6 Å². The van der Waals surface area contributed by atoms with Crippen LogP contribution >= 0.6 is 0 Å². The highest BCUT2D eigenvalue weighted by molar-refractivity contribution is 6.05. The Balaban J connectivity index is 1.85. The molecule has 2 heterocycles. The van der Waals surface area contributed by atoms with Gasteiger partial charge in [0.25, 0.3) is 0 Å². The first-order valence-corrected chi connectivity index (χ1v) is 8.90. The number of fused-ring (bicyclic) bond motifs is 5. The monoisotopic (exact) mass is 333 g/mol. The molecule has 0 unspecified atom stereocenters. The zero-order valence-corrected chi connectivity index (χ0v) is 14.5. The summed E-state index contributed by atoms with van der Waals surface area (Å²) in [4.78, 5) is 15.9. The van der Waals surface area contributed by atoms with Gasteiger partial charge >= 0.3 is 0 Å². The third-order valence-corrected chi connectivity index (χ3v) is 4.95. The van der Waals surface area contributed by atoms with E-state index in [2.05, 4.69) is 47.6 Å². The SMILES string of the molecule is Cc1ccc2[nH]c3c(c2c1)CC(=O)Nc1ccc(CCCCN)cc1-3. The van der Waals surface area contributed by atoms with E-state index in [4.69, 9.17) is 5.73 Å². The Kier molecular flexibility index (Phi) is 4.06. The van der Waals surface area contributed by atoms with Crippen molar-refractivity contribution >= 4 is 22.5 Å². The van der Waals surface area contributed by atoms with Crippen LogP contribution in [0.15, 0.2) is 36.4 Å². The van der Waals surface area contributed by atoms with Crippen molar-refractivity contribution in [2.24, 2.45) is 5.73 Å². The van der Waals surface area contributed by atoms with Crippen LogP contribution in [-0.4, -0.2) is 17.4 Å². The van der Waals surface area contributed by atoms with Gasteiger partial charge in [-0.2, -0.15) is 0 Å². The molecule has 2 aromatic carbocycles. The molecule has 4 nitrogen and oxygen atoms in total. The first-order valence-electron chi connectivity index (χ1n) is 8.90. The summed E-state index contributed by atoms with van der Waals surface area (Å²) in [6.45, 7) is 2.81. The molecule has 0 saturated heterocycles. The molecular formula is C21H23N3O. The number of nitrogens with two attached hydrogens (primary N) is 1. The molecule has 0 aliphatic carbocycles. The topological polar surface area (TPSA) is 70.9 Å². The minimum absolute atomic E-state index is 0.0401. The highest BCUT2D eigenvalue weighted by Crippen LogP contribution is 2.38. The zero-order chi connectivity index (χ0) is 17.4. The first kappa shape index (κ1) is 15.9. The second kappa shape index (κ2) is 6.37. The van der Waals surface area contributed by atoms with Crippen molar-refractivity contribution < 1.29 is 4.79 Å². The smallest absolute Gasteiger partial charge is 0.228 e. The Bertz CT molecular complexity index is 955. The second-order valence-corrected chi connectivity index (χ2v) is 6.88. The normalized spacial score (nSPS) is 13.3. The average molecular weight is 333 g/mol. The molecule has 25 heavy (non-hydrogen) atoms. The quantitative estimate of drug-likeness (QED) is 0.633. The van der Waals surface area contributed by atoms with E-state index >= 15 is 0 Å². The van der Waals surface area contributed by atoms with Crippen molar-refractivity contribution in [2.75, 3.05) is 11.9 Å². The Labute approximate surface area is 147 Å². The van der Waals surface area contributed by atoms with Crippen LogP contribution in [0.2, 0.25) is 0 Å². The standard InChI is InChI=1S/C21H23N3O/c1-13-5-7-18-15(10-13)16-12-20(25)23-19-8-6-14(4-2-3-9-22)11-17(19)21(16)24-18/h5-8,10-11,24H,2-4,9,12,22H2,1H3,(H,23,25). The Morgan fingerprint density at radius 1 is 1.12 bits per heavy atom. The first-order chi connectivity index (χ1) is 12.2. The minimum Gasteiger partial charge on any atom is -0.354 e. The van der Waals surface area contributed by atoms with E-state index < -0.39 is 0 Å². The predicted octanol–water partition coefficient (Wildman–Crippen LogP) is 3.92. The van der Waals surface area contributed by atoms with Crippen LogP contribution in [0.25, 0.3) is 22.2 Å². The largest absolute Gasteiger partial charge is 0.354 e. The van der Waals surface area contributed by atoms with Crippen LogP contribution < -0.4 is 11.1 Å². The van der Waals surface area contributed by atoms with Crippen LogP contribution in [0.1, 0.15) is 29.5 Å². The van der Waals surface area contributed by atoms with Crippen LogP contribution in [0, 0.1) is 6.92 Å². The van der Waals surface area contributed by atoms with Crippen molar-refractivity contribution in [3.05, 3.63) is 53.1 Å². The van der Waals surface area contributed by atoms with E-state index in [9.17, 15) is 4.79 Å². The molecule has 4 rings (SSSR count). The molecule has 128 valence electrons. The number of aromatic amines is 1. The summed E-state index contributed by atoms with van der Waals surface area (Å²) in [6.07, 6.45) is 3.52. The maximum Gasteiger partial charge on any atom is 0.228 e. The number of hydrogen-bond acceptors (Lipinski definition) is 2. The van der Waals surface area contributed by atoms with E-state index in [1.807, 2.05) is 6.07 Å². The molecule has 3 aromatic rings. The van der Waals surface area contributed by atoms with E-state index in [0.717, 1.165) is 59.2 Å². The van der Waals surface area contributed by atoms with Crippen LogP contribution in [0.3, 0.4) is 0 Å². The van der Waals surface area contributed by atoms with Gasteiger partial charge in [0.15, 0.2) is 0 Å². The molecule has 0 fully saturated rings. The molecule has 1 aromatic heterocycles. The summed E-state index contributed by atoms with van der Waals surface area (Å²) in [5.41, 5.74) is 13.3. The average Bonchev–Trinajstić information content (AvgIpc) is 2.87. The number of unbranched alkanes of at least 4 members (excludes halogenated alkanes) is 1. The number of H-pyrrole nitrogens is 1. The number of rotatable bonds is 4. The number of aromatic nitrogens is 1. The van der Waals surface area contributed by atoms with Gasteiger partial charge in [-0.15, -0.1) is 0 Å². The fourth-order valence-corrected chi connectivity index (χ4v) is 3.67. The third-order valence-electron chi connectivity index (χ3n) is 4.95. The molecule has 0 atom stereocenters. The van der Waals surface area contributed by atoms with Gasteiger partial charge in [0.2, 0.25) is 5.91 Å². The predicted molar refractivity (Wildman–Crippen MR) is 103 cm³/mol. The Morgan fingerprint density at radius 3 is 2.84 bits per heavy atom. The van der Waals surface area contributed by atoms with Crippen molar-refractivity contribution in [1.29, 1.82) is 0 Å². The summed E-state index contributed by atoms with van der Waals surface area (Å²) in [5.74, 6) is 0.0401. The molecule has 1 aliphatic heterocycles. The zero-order valence-electron chi connectivity index (χ0n) is 14.5.